The van der Waals surface area contributed by atoms with Crippen LogP contribution >= 0.6 is 0 Å². The molecule has 2 aromatic rings. The van der Waals surface area contributed by atoms with Gasteiger partial charge in [0.15, 0.2) is 11.6 Å². The van der Waals surface area contributed by atoms with E-state index in [2.05, 4.69) is 31.4 Å². The average Bonchev–Trinajstić information content (AvgIpc) is 2.75. The van der Waals surface area contributed by atoms with Crippen LogP contribution in [0.2, 0.25) is 0 Å². The van der Waals surface area contributed by atoms with Gasteiger partial charge in [-0.15, -0.1) is 10.2 Å². The molecule has 3 rings (SSSR count). The van der Waals surface area contributed by atoms with Crippen molar-refractivity contribution >= 4 is 23.2 Å². The molecule has 0 radical (unpaired) electrons. The number of para-hydroxylation sites is 2. The molecule has 0 saturated carbocycles. The molecule has 1 aliphatic heterocycles. The van der Waals surface area contributed by atoms with E-state index in [0.717, 1.165) is 56.3 Å². The highest BCUT2D eigenvalue weighted by Gasteiger charge is 2.21. The van der Waals surface area contributed by atoms with E-state index in [0.29, 0.717) is 5.82 Å². The summed E-state index contributed by atoms with van der Waals surface area (Å²) in [6.45, 7) is 7.52. The summed E-state index contributed by atoms with van der Waals surface area (Å²) in [4.78, 5) is 16.7. The zero-order chi connectivity index (χ0) is 19.9. The van der Waals surface area contributed by atoms with Gasteiger partial charge in [-0.3, -0.25) is 4.79 Å². The largest absolute Gasteiger partial charge is 0.495 e. The summed E-state index contributed by atoms with van der Waals surface area (Å²) in [6.07, 6.45) is 1.65. The van der Waals surface area contributed by atoms with Crippen LogP contribution in [0.25, 0.3) is 0 Å². The number of benzene rings is 1. The van der Waals surface area contributed by atoms with E-state index in [4.69, 9.17) is 4.74 Å². The third-order valence-electron chi connectivity index (χ3n) is 5.29. The molecule has 1 fully saturated rings. The van der Waals surface area contributed by atoms with Gasteiger partial charge in [0.2, 0.25) is 5.91 Å². The number of hydrogen-bond acceptors (Lipinski definition) is 6. The van der Waals surface area contributed by atoms with Crippen LogP contribution in [0, 0.1) is 5.92 Å². The number of nitrogens with one attached hydrogen (secondary N) is 1. The lowest BCUT2D eigenvalue weighted by Crippen LogP contribution is -2.47. The fourth-order valence-corrected chi connectivity index (χ4v) is 3.52. The van der Waals surface area contributed by atoms with E-state index in [1.807, 2.05) is 44.2 Å². The fourth-order valence-electron chi connectivity index (χ4n) is 3.52. The lowest BCUT2D eigenvalue weighted by Gasteiger charge is -2.37. The second-order valence-corrected chi connectivity index (χ2v) is 6.93. The number of ether oxygens (including phenoxy) is 1. The van der Waals surface area contributed by atoms with Crippen molar-refractivity contribution in [1.82, 2.24) is 10.2 Å². The molecule has 28 heavy (non-hydrogen) atoms. The molecule has 1 N–H and O–H groups in total. The van der Waals surface area contributed by atoms with Crippen molar-refractivity contribution in [3.05, 3.63) is 36.4 Å². The standard InChI is InChI=1S/C21H29N5O2/c1-4-16(5-2)21(27)22-19-10-11-20(24-23-19)26-14-12-25(13-15-26)17-8-6-7-9-18(17)28-3/h6-11,16H,4-5,12-15H2,1-3H3,(H,22,23,27). The average molecular weight is 383 g/mol. The van der Waals surface area contributed by atoms with E-state index in [1.54, 1.807) is 7.11 Å². The quantitative estimate of drug-likeness (QED) is 0.792. The van der Waals surface area contributed by atoms with Crippen LogP contribution < -0.4 is 19.9 Å². The third kappa shape index (κ3) is 4.52. The van der Waals surface area contributed by atoms with Crippen LogP contribution in [0.3, 0.4) is 0 Å². The Morgan fingerprint density at radius 3 is 2.32 bits per heavy atom. The lowest BCUT2D eigenvalue weighted by atomic mass is 10.0. The number of carbonyl (C=O) groups excluding carboxylic acids is 1. The number of hydrogen-bond donors (Lipinski definition) is 1. The molecule has 1 aliphatic rings. The number of aromatic nitrogens is 2. The molecule has 1 aromatic heterocycles. The molecule has 0 spiro atoms. The van der Waals surface area contributed by atoms with Crippen LogP contribution in [0.1, 0.15) is 26.7 Å². The molecule has 1 aromatic carbocycles. The van der Waals surface area contributed by atoms with Gasteiger partial charge in [-0.2, -0.15) is 0 Å². The first kappa shape index (κ1) is 19.9. The first-order valence-electron chi connectivity index (χ1n) is 9.93. The highest BCUT2D eigenvalue weighted by molar-refractivity contribution is 5.91. The molecular formula is C21H29N5O2. The highest BCUT2D eigenvalue weighted by atomic mass is 16.5. The van der Waals surface area contributed by atoms with Crippen molar-refractivity contribution in [3.8, 4) is 5.75 Å². The van der Waals surface area contributed by atoms with Gasteiger partial charge in [0.05, 0.1) is 12.8 Å². The maximum absolute atomic E-state index is 12.2. The van der Waals surface area contributed by atoms with E-state index >= 15 is 0 Å². The molecule has 0 bridgehead atoms. The van der Waals surface area contributed by atoms with Crippen LogP contribution in [0.4, 0.5) is 17.3 Å². The van der Waals surface area contributed by atoms with Crippen LogP contribution in [-0.2, 0) is 4.79 Å². The predicted octanol–water partition coefficient (Wildman–Crippen LogP) is 3.19. The Morgan fingerprint density at radius 2 is 1.71 bits per heavy atom. The summed E-state index contributed by atoms with van der Waals surface area (Å²) in [7, 11) is 1.70. The van der Waals surface area contributed by atoms with Crippen LogP contribution in [-0.4, -0.2) is 49.4 Å². The molecular weight excluding hydrogens is 354 g/mol. The van der Waals surface area contributed by atoms with Crippen LogP contribution in [0.15, 0.2) is 36.4 Å². The van der Waals surface area contributed by atoms with Crippen molar-refractivity contribution in [2.45, 2.75) is 26.7 Å². The zero-order valence-electron chi connectivity index (χ0n) is 16.9. The second-order valence-electron chi connectivity index (χ2n) is 6.93. The van der Waals surface area contributed by atoms with Gasteiger partial charge in [0.1, 0.15) is 5.75 Å². The Bertz CT molecular complexity index is 769. The number of piperazine rings is 1. The summed E-state index contributed by atoms with van der Waals surface area (Å²) < 4.78 is 5.48. The van der Waals surface area contributed by atoms with Gasteiger partial charge in [0, 0.05) is 32.1 Å². The number of methoxy groups -OCH3 is 1. The smallest absolute Gasteiger partial charge is 0.228 e. The molecule has 0 aliphatic carbocycles. The first-order valence-corrected chi connectivity index (χ1v) is 9.93. The zero-order valence-corrected chi connectivity index (χ0v) is 16.9. The third-order valence-corrected chi connectivity index (χ3v) is 5.29. The Balaban J connectivity index is 1.58. The lowest BCUT2D eigenvalue weighted by molar-refractivity contribution is -0.120. The van der Waals surface area contributed by atoms with Gasteiger partial charge in [-0.05, 0) is 37.1 Å². The highest BCUT2D eigenvalue weighted by Crippen LogP contribution is 2.29. The van der Waals surface area contributed by atoms with Crippen molar-refractivity contribution in [2.24, 2.45) is 5.92 Å². The Morgan fingerprint density at radius 1 is 1.04 bits per heavy atom. The van der Waals surface area contributed by atoms with Gasteiger partial charge >= 0.3 is 0 Å². The number of amides is 1. The molecule has 0 unspecified atom stereocenters. The predicted molar refractivity (Wildman–Crippen MR) is 112 cm³/mol. The summed E-state index contributed by atoms with van der Waals surface area (Å²) >= 11 is 0. The van der Waals surface area contributed by atoms with Crippen LogP contribution in [0.5, 0.6) is 5.75 Å². The molecule has 0 atom stereocenters. The minimum atomic E-state index is 0.0115. The molecule has 7 nitrogen and oxygen atoms in total. The second kappa shape index (κ2) is 9.39. The molecule has 7 heteroatoms. The minimum Gasteiger partial charge on any atom is -0.495 e. The Labute approximate surface area is 166 Å². The van der Waals surface area contributed by atoms with E-state index < -0.39 is 0 Å². The van der Waals surface area contributed by atoms with E-state index in [-0.39, 0.29) is 11.8 Å². The summed E-state index contributed by atoms with van der Waals surface area (Å²) in [6, 6.07) is 11.8. The molecule has 1 amide bonds. The number of anilines is 3. The first-order chi connectivity index (χ1) is 13.7. The van der Waals surface area contributed by atoms with Crippen molar-refractivity contribution < 1.29 is 9.53 Å². The maximum atomic E-state index is 12.2. The maximum Gasteiger partial charge on any atom is 0.228 e. The molecule has 150 valence electrons. The SMILES string of the molecule is CCC(CC)C(=O)Nc1ccc(N2CCN(c3ccccc3OC)CC2)nn1. The Kier molecular flexibility index (Phi) is 6.68. The van der Waals surface area contributed by atoms with Gasteiger partial charge in [-0.25, -0.2) is 0 Å². The molecule has 2 heterocycles. The van der Waals surface area contributed by atoms with Gasteiger partial charge < -0.3 is 19.9 Å². The van der Waals surface area contributed by atoms with E-state index in [9.17, 15) is 4.79 Å². The van der Waals surface area contributed by atoms with Crippen molar-refractivity contribution in [3.63, 3.8) is 0 Å². The van der Waals surface area contributed by atoms with Crippen molar-refractivity contribution in [1.29, 1.82) is 0 Å². The minimum absolute atomic E-state index is 0.0115. The fraction of sp³-hybridized carbons (Fsp3) is 0.476. The summed E-state index contributed by atoms with van der Waals surface area (Å²) in [5.41, 5.74) is 1.12. The number of carbonyl (C=O) groups is 1. The molecule has 1 saturated heterocycles. The van der Waals surface area contributed by atoms with Gasteiger partial charge in [-0.1, -0.05) is 26.0 Å². The summed E-state index contributed by atoms with van der Waals surface area (Å²) in [5.74, 6) is 2.27. The normalized spacial score (nSPS) is 14.3. The number of nitrogens with zero attached hydrogens (tertiary/aromatic N) is 4. The Hall–Kier alpha value is -2.83. The topological polar surface area (TPSA) is 70.6 Å². The van der Waals surface area contributed by atoms with Crippen molar-refractivity contribution in [2.75, 3.05) is 48.4 Å². The number of rotatable bonds is 7. The summed E-state index contributed by atoms with van der Waals surface area (Å²) in [5, 5.41) is 11.4. The van der Waals surface area contributed by atoms with E-state index in [1.165, 1.54) is 0 Å². The van der Waals surface area contributed by atoms with Gasteiger partial charge in [0.25, 0.3) is 0 Å². The monoisotopic (exact) mass is 383 g/mol.